The molecule has 1 unspecified atom stereocenters. The van der Waals surface area contributed by atoms with Gasteiger partial charge in [0.2, 0.25) is 5.88 Å². The Morgan fingerprint density at radius 3 is 2.64 bits per heavy atom. The van der Waals surface area contributed by atoms with Crippen LogP contribution in [0.15, 0.2) is 59.3 Å². The van der Waals surface area contributed by atoms with Gasteiger partial charge in [-0.3, -0.25) is 0 Å². The fraction of sp³-hybridized carbons (Fsp3) is 0.167. The summed E-state index contributed by atoms with van der Waals surface area (Å²) < 4.78 is 16.7. The molecule has 0 bridgehead atoms. The number of carbonyl (C=O) groups is 1. The van der Waals surface area contributed by atoms with Crippen molar-refractivity contribution in [3.63, 3.8) is 0 Å². The van der Waals surface area contributed by atoms with E-state index in [2.05, 4.69) is 6.07 Å². The van der Waals surface area contributed by atoms with E-state index in [0.717, 1.165) is 16.9 Å². The standard InChI is InChI=1S/C24H18Cl2N2O4S/c1-2-7-30-22-17(25)9-13(10-18(22)26)24(29)31-14-5-6-15-19(11-14)32-23(28)16(12-27)21(15)20-4-3-8-33-20/h3-6,8-11,21H,2,7,28H2,1H3. The van der Waals surface area contributed by atoms with Gasteiger partial charge in [0.25, 0.3) is 0 Å². The molecule has 9 heteroatoms. The summed E-state index contributed by atoms with van der Waals surface area (Å²) in [7, 11) is 0. The summed E-state index contributed by atoms with van der Waals surface area (Å²) in [6, 6.07) is 13.8. The average molecular weight is 501 g/mol. The van der Waals surface area contributed by atoms with E-state index in [-0.39, 0.29) is 33.2 Å². The van der Waals surface area contributed by atoms with Gasteiger partial charge in [0, 0.05) is 16.5 Å². The van der Waals surface area contributed by atoms with Crippen LogP contribution < -0.4 is 19.9 Å². The molecule has 0 radical (unpaired) electrons. The summed E-state index contributed by atoms with van der Waals surface area (Å²) in [5, 5.41) is 12.0. The molecular formula is C24H18Cl2N2O4S. The zero-order valence-electron chi connectivity index (χ0n) is 17.4. The maximum Gasteiger partial charge on any atom is 0.343 e. The zero-order chi connectivity index (χ0) is 23.5. The van der Waals surface area contributed by atoms with Gasteiger partial charge in [0.1, 0.15) is 23.1 Å². The van der Waals surface area contributed by atoms with Crippen LogP contribution in [0.4, 0.5) is 0 Å². The third-order valence-corrected chi connectivity index (χ3v) is 6.41. The van der Waals surface area contributed by atoms with Gasteiger partial charge in [-0.15, -0.1) is 11.3 Å². The fourth-order valence-electron chi connectivity index (χ4n) is 3.43. The van der Waals surface area contributed by atoms with Crippen molar-refractivity contribution in [2.75, 3.05) is 6.61 Å². The van der Waals surface area contributed by atoms with Gasteiger partial charge in [-0.2, -0.15) is 5.26 Å². The van der Waals surface area contributed by atoms with E-state index in [1.54, 1.807) is 18.2 Å². The van der Waals surface area contributed by atoms with E-state index >= 15 is 0 Å². The lowest BCUT2D eigenvalue weighted by Gasteiger charge is -2.25. The molecule has 6 nitrogen and oxygen atoms in total. The number of nitrogens with zero attached hydrogens (tertiary/aromatic N) is 1. The first-order valence-electron chi connectivity index (χ1n) is 10.0. The van der Waals surface area contributed by atoms with Crippen LogP contribution in [0, 0.1) is 11.3 Å². The second-order valence-electron chi connectivity index (χ2n) is 7.15. The number of ether oxygens (including phenoxy) is 3. The lowest BCUT2D eigenvalue weighted by molar-refractivity contribution is 0.0734. The molecule has 168 valence electrons. The van der Waals surface area contributed by atoms with E-state index in [1.807, 2.05) is 24.4 Å². The molecule has 33 heavy (non-hydrogen) atoms. The first kappa shape index (κ1) is 23.0. The van der Waals surface area contributed by atoms with Gasteiger partial charge >= 0.3 is 5.97 Å². The molecule has 1 aliphatic rings. The van der Waals surface area contributed by atoms with Crippen LogP contribution in [-0.2, 0) is 0 Å². The third kappa shape index (κ3) is 4.64. The first-order chi connectivity index (χ1) is 15.9. The average Bonchev–Trinajstić information content (AvgIpc) is 3.32. The molecular weight excluding hydrogens is 483 g/mol. The van der Waals surface area contributed by atoms with Gasteiger partial charge in [0.05, 0.1) is 28.1 Å². The molecule has 2 aromatic carbocycles. The normalized spacial score (nSPS) is 14.8. The Kier molecular flexibility index (Phi) is 6.80. The molecule has 1 aromatic heterocycles. The number of hydrogen-bond acceptors (Lipinski definition) is 7. The number of nitrogens with two attached hydrogens (primary N) is 1. The first-order valence-corrected chi connectivity index (χ1v) is 11.7. The van der Waals surface area contributed by atoms with E-state index < -0.39 is 5.97 Å². The van der Waals surface area contributed by atoms with Gasteiger partial charge in [-0.05, 0) is 36.1 Å². The molecule has 1 aliphatic heterocycles. The van der Waals surface area contributed by atoms with Crippen molar-refractivity contribution in [1.29, 1.82) is 5.26 Å². The molecule has 2 N–H and O–H groups in total. The predicted molar refractivity (Wildman–Crippen MR) is 127 cm³/mol. The molecule has 2 heterocycles. The Hall–Kier alpha value is -3.18. The Bertz CT molecular complexity index is 1260. The molecule has 0 saturated heterocycles. The van der Waals surface area contributed by atoms with Crippen molar-refractivity contribution < 1.29 is 19.0 Å². The smallest absolute Gasteiger partial charge is 0.343 e. The highest BCUT2D eigenvalue weighted by molar-refractivity contribution is 7.10. The Morgan fingerprint density at radius 1 is 1.24 bits per heavy atom. The number of hydrogen-bond donors (Lipinski definition) is 1. The Labute approximate surface area is 204 Å². The molecule has 0 aliphatic carbocycles. The van der Waals surface area contributed by atoms with Crippen LogP contribution in [0.25, 0.3) is 0 Å². The maximum absolute atomic E-state index is 12.7. The van der Waals surface area contributed by atoms with Gasteiger partial charge in [-0.1, -0.05) is 42.3 Å². The van der Waals surface area contributed by atoms with Crippen LogP contribution in [0.5, 0.6) is 17.2 Å². The van der Waals surface area contributed by atoms with Crippen molar-refractivity contribution in [3.05, 3.63) is 85.4 Å². The number of thiophene rings is 1. The van der Waals surface area contributed by atoms with Crippen molar-refractivity contribution in [1.82, 2.24) is 0 Å². The SMILES string of the molecule is CCCOc1c(Cl)cc(C(=O)Oc2ccc3c(c2)OC(N)=C(C#N)C3c2cccs2)cc1Cl. The van der Waals surface area contributed by atoms with Gasteiger partial charge < -0.3 is 19.9 Å². The highest BCUT2D eigenvalue weighted by Gasteiger charge is 2.31. The van der Waals surface area contributed by atoms with Crippen molar-refractivity contribution in [2.24, 2.45) is 5.73 Å². The van der Waals surface area contributed by atoms with Crippen molar-refractivity contribution >= 4 is 40.5 Å². The summed E-state index contributed by atoms with van der Waals surface area (Å²) in [5.41, 5.74) is 7.29. The number of halogens is 2. The largest absolute Gasteiger partial charge is 0.490 e. The number of fused-ring (bicyclic) bond motifs is 1. The van der Waals surface area contributed by atoms with E-state index in [0.29, 0.717) is 23.7 Å². The predicted octanol–water partition coefficient (Wildman–Crippen LogP) is 6.28. The number of esters is 1. The maximum atomic E-state index is 12.7. The number of nitriles is 1. The Morgan fingerprint density at radius 2 is 2.00 bits per heavy atom. The second-order valence-corrected chi connectivity index (χ2v) is 8.94. The number of rotatable bonds is 6. The molecule has 3 aromatic rings. The monoisotopic (exact) mass is 500 g/mol. The number of carbonyl (C=O) groups excluding carboxylic acids is 1. The minimum absolute atomic E-state index is 0.0214. The van der Waals surface area contributed by atoms with E-state index in [1.165, 1.54) is 23.5 Å². The van der Waals surface area contributed by atoms with Crippen LogP contribution in [0.2, 0.25) is 10.0 Å². The van der Waals surface area contributed by atoms with E-state index in [4.69, 9.17) is 43.1 Å². The molecule has 1 atom stereocenters. The van der Waals surface area contributed by atoms with E-state index in [9.17, 15) is 10.1 Å². The highest BCUT2D eigenvalue weighted by Crippen LogP contribution is 2.44. The van der Waals surface area contributed by atoms with Crippen molar-refractivity contribution in [3.8, 4) is 23.3 Å². The Balaban J connectivity index is 1.60. The second kappa shape index (κ2) is 9.75. The highest BCUT2D eigenvalue weighted by atomic mass is 35.5. The fourth-order valence-corrected chi connectivity index (χ4v) is 4.88. The number of benzene rings is 2. The quantitative estimate of drug-likeness (QED) is 0.316. The summed E-state index contributed by atoms with van der Waals surface area (Å²) in [5.74, 6) is 0.0108. The van der Waals surface area contributed by atoms with Crippen LogP contribution >= 0.6 is 34.5 Å². The van der Waals surface area contributed by atoms with Gasteiger partial charge in [-0.25, -0.2) is 4.79 Å². The minimum Gasteiger partial charge on any atom is -0.490 e. The summed E-state index contributed by atoms with van der Waals surface area (Å²) >= 11 is 14.0. The topological polar surface area (TPSA) is 94.6 Å². The van der Waals surface area contributed by atoms with Crippen LogP contribution in [0.3, 0.4) is 0 Å². The summed E-state index contributed by atoms with van der Waals surface area (Å²) in [6.07, 6.45) is 0.791. The van der Waals surface area contributed by atoms with Crippen molar-refractivity contribution in [2.45, 2.75) is 19.3 Å². The molecule has 4 rings (SSSR count). The lowest BCUT2D eigenvalue weighted by Crippen LogP contribution is -2.20. The zero-order valence-corrected chi connectivity index (χ0v) is 19.8. The molecule has 0 fully saturated rings. The van der Waals surface area contributed by atoms with Crippen LogP contribution in [0.1, 0.15) is 40.1 Å². The molecule has 0 saturated carbocycles. The summed E-state index contributed by atoms with van der Waals surface area (Å²) in [6.45, 7) is 2.42. The lowest BCUT2D eigenvalue weighted by atomic mass is 9.88. The molecule has 0 spiro atoms. The number of allylic oxidation sites excluding steroid dienone is 1. The molecule has 0 amide bonds. The van der Waals surface area contributed by atoms with Gasteiger partial charge in [0.15, 0.2) is 5.75 Å². The minimum atomic E-state index is -0.646. The van der Waals surface area contributed by atoms with Crippen LogP contribution in [-0.4, -0.2) is 12.6 Å². The summed E-state index contributed by atoms with van der Waals surface area (Å²) in [4.78, 5) is 13.7. The third-order valence-electron chi connectivity index (χ3n) is 4.91.